The molecule has 4 heteroatoms. The normalized spacial score (nSPS) is 13.2. The Morgan fingerprint density at radius 1 is 0.840 bits per heavy atom. The lowest BCUT2D eigenvalue weighted by Gasteiger charge is -2.21. The van der Waals surface area contributed by atoms with Crippen LogP contribution in [0.3, 0.4) is 0 Å². The van der Waals surface area contributed by atoms with Gasteiger partial charge in [-0.1, -0.05) is 58.3 Å². The van der Waals surface area contributed by atoms with Crippen LogP contribution in [-0.2, 0) is 0 Å². The van der Waals surface area contributed by atoms with Crippen LogP contribution in [0.2, 0.25) is 0 Å². The maximum atomic E-state index is 5.22. The zero-order chi connectivity index (χ0) is 17.0. The topological polar surface area (TPSA) is 15.7 Å². The van der Waals surface area contributed by atoms with E-state index in [4.69, 9.17) is 4.74 Å². The van der Waals surface area contributed by atoms with Crippen molar-refractivity contribution in [1.82, 2.24) is 4.90 Å². The SMILES string of the molecule is CCCCCCCCCCCN1C=CN(c2ccc(OC)cc2)C1.I. The van der Waals surface area contributed by atoms with Crippen molar-refractivity contribution in [1.29, 1.82) is 0 Å². The van der Waals surface area contributed by atoms with E-state index in [0.717, 1.165) is 12.4 Å². The van der Waals surface area contributed by atoms with E-state index < -0.39 is 0 Å². The molecule has 142 valence electrons. The van der Waals surface area contributed by atoms with E-state index in [-0.39, 0.29) is 24.0 Å². The Balaban J connectivity index is 0.00000312. The molecule has 0 amide bonds. The highest BCUT2D eigenvalue weighted by molar-refractivity contribution is 14.0. The Hall–Kier alpha value is -0.910. The van der Waals surface area contributed by atoms with Crippen LogP contribution < -0.4 is 9.64 Å². The minimum Gasteiger partial charge on any atom is -0.497 e. The second-order valence-electron chi connectivity index (χ2n) is 6.75. The lowest BCUT2D eigenvalue weighted by Crippen LogP contribution is -2.25. The van der Waals surface area contributed by atoms with Crippen LogP contribution >= 0.6 is 24.0 Å². The first-order chi connectivity index (χ1) is 11.8. The van der Waals surface area contributed by atoms with Crippen LogP contribution in [0.1, 0.15) is 64.7 Å². The van der Waals surface area contributed by atoms with Crippen LogP contribution in [0, 0.1) is 0 Å². The summed E-state index contributed by atoms with van der Waals surface area (Å²) in [6.07, 6.45) is 16.9. The minimum absolute atomic E-state index is 0. The second-order valence-corrected chi connectivity index (χ2v) is 6.75. The summed E-state index contributed by atoms with van der Waals surface area (Å²) in [5.74, 6) is 0.911. The summed E-state index contributed by atoms with van der Waals surface area (Å²) in [5, 5.41) is 0. The van der Waals surface area contributed by atoms with Gasteiger partial charge in [-0.25, -0.2) is 0 Å². The van der Waals surface area contributed by atoms with E-state index in [1.54, 1.807) is 7.11 Å². The summed E-state index contributed by atoms with van der Waals surface area (Å²) in [4.78, 5) is 4.69. The zero-order valence-electron chi connectivity index (χ0n) is 16.0. The number of nitrogens with zero attached hydrogens (tertiary/aromatic N) is 2. The van der Waals surface area contributed by atoms with Gasteiger partial charge in [-0.05, 0) is 30.7 Å². The molecule has 0 N–H and O–H groups in total. The molecule has 0 bridgehead atoms. The average molecular weight is 458 g/mol. The van der Waals surface area contributed by atoms with Crippen LogP contribution in [0.15, 0.2) is 36.7 Å². The van der Waals surface area contributed by atoms with E-state index in [1.165, 1.54) is 70.0 Å². The number of rotatable bonds is 12. The number of hydrogen-bond acceptors (Lipinski definition) is 3. The summed E-state index contributed by atoms with van der Waals surface area (Å²) < 4.78 is 5.22. The molecule has 1 aliphatic rings. The smallest absolute Gasteiger partial charge is 0.119 e. The highest BCUT2D eigenvalue weighted by Crippen LogP contribution is 2.22. The Kier molecular flexibility index (Phi) is 11.8. The summed E-state index contributed by atoms with van der Waals surface area (Å²) >= 11 is 0. The highest BCUT2D eigenvalue weighted by Gasteiger charge is 2.13. The number of hydrogen-bond donors (Lipinski definition) is 0. The van der Waals surface area contributed by atoms with Gasteiger partial charge in [0.15, 0.2) is 0 Å². The number of methoxy groups -OCH3 is 1. The molecule has 0 aliphatic carbocycles. The molecule has 1 heterocycles. The van der Waals surface area contributed by atoms with Crippen molar-refractivity contribution in [3.05, 3.63) is 36.7 Å². The maximum Gasteiger partial charge on any atom is 0.119 e. The summed E-state index contributed by atoms with van der Waals surface area (Å²) in [7, 11) is 1.71. The fourth-order valence-electron chi connectivity index (χ4n) is 3.18. The largest absolute Gasteiger partial charge is 0.497 e. The third-order valence-electron chi connectivity index (χ3n) is 4.74. The molecule has 1 aliphatic heterocycles. The van der Waals surface area contributed by atoms with Gasteiger partial charge in [0, 0.05) is 24.6 Å². The van der Waals surface area contributed by atoms with Gasteiger partial charge in [0.1, 0.15) is 5.75 Å². The van der Waals surface area contributed by atoms with Gasteiger partial charge in [-0.3, -0.25) is 0 Å². The average Bonchev–Trinajstić information content (AvgIpc) is 3.09. The van der Waals surface area contributed by atoms with Gasteiger partial charge in [-0.15, -0.1) is 24.0 Å². The van der Waals surface area contributed by atoms with Crippen molar-refractivity contribution in [3.63, 3.8) is 0 Å². The first-order valence-electron chi connectivity index (χ1n) is 9.66. The Labute approximate surface area is 171 Å². The lowest BCUT2D eigenvalue weighted by atomic mass is 10.1. The van der Waals surface area contributed by atoms with Crippen molar-refractivity contribution >= 4 is 29.7 Å². The fourth-order valence-corrected chi connectivity index (χ4v) is 3.18. The minimum atomic E-state index is 0. The number of ether oxygens (including phenoxy) is 1. The van der Waals surface area contributed by atoms with Gasteiger partial charge in [0.25, 0.3) is 0 Å². The van der Waals surface area contributed by atoms with E-state index >= 15 is 0 Å². The van der Waals surface area contributed by atoms with Crippen LogP contribution in [0.5, 0.6) is 5.75 Å². The second kappa shape index (κ2) is 13.3. The number of halogens is 1. The Morgan fingerprint density at radius 3 is 2.04 bits per heavy atom. The van der Waals surface area contributed by atoms with Crippen molar-refractivity contribution in [3.8, 4) is 5.75 Å². The predicted molar refractivity (Wildman–Crippen MR) is 119 cm³/mol. The van der Waals surface area contributed by atoms with Crippen molar-refractivity contribution in [2.45, 2.75) is 64.7 Å². The molecular formula is C21H35IN2O. The van der Waals surface area contributed by atoms with Gasteiger partial charge in [0.05, 0.1) is 13.8 Å². The molecule has 0 radical (unpaired) electrons. The van der Waals surface area contributed by atoms with Crippen LogP contribution in [0.4, 0.5) is 5.69 Å². The lowest BCUT2D eigenvalue weighted by molar-refractivity contribution is 0.387. The molecule has 2 rings (SSSR count). The molecule has 1 aromatic carbocycles. The first-order valence-corrected chi connectivity index (χ1v) is 9.66. The first kappa shape index (κ1) is 22.1. The molecule has 0 unspecified atom stereocenters. The van der Waals surface area contributed by atoms with E-state index in [0.29, 0.717) is 0 Å². The fraction of sp³-hybridized carbons (Fsp3) is 0.619. The molecule has 1 aromatic rings. The molecule has 0 fully saturated rings. The van der Waals surface area contributed by atoms with E-state index in [2.05, 4.69) is 41.3 Å². The molecule has 3 nitrogen and oxygen atoms in total. The summed E-state index contributed by atoms with van der Waals surface area (Å²) in [6, 6.07) is 8.27. The monoisotopic (exact) mass is 458 g/mol. The third kappa shape index (κ3) is 8.34. The molecule has 0 atom stereocenters. The molecule has 0 saturated heterocycles. The van der Waals surface area contributed by atoms with E-state index in [1.807, 2.05) is 12.1 Å². The standard InChI is InChI=1S/C21H34N2O.HI/c1-3-4-5-6-7-8-9-10-11-16-22-17-18-23(19-22)20-12-14-21(24-2)15-13-20;/h12-15,17-18H,3-11,16,19H2,1-2H3;1H. The van der Waals surface area contributed by atoms with Gasteiger partial charge in [-0.2, -0.15) is 0 Å². The molecular weight excluding hydrogens is 423 g/mol. The molecule has 0 aromatic heterocycles. The van der Waals surface area contributed by atoms with Crippen molar-refractivity contribution in [2.75, 3.05) is 25.2 Å². The van der Waals surface area contributed by atoms with Gasteiger partial charge in [0.2, 0.25) is 0 Å². The number of benzene rings is 1. The van der Waals surface area contributed by atoms with Crippen LogP contribution in [0.25, 0.3) is 0 Å². The summed E-state index contributed by atoms with van der Waals surface area (Å²) in [5.41, 5.74) is 1.22. The molecule has 0 saturated carbocycles. The van der Waals surface area contributed by atoms with Gasteiger partial charge < -0.3 is 14.5 Å². The quantitative estimate of drug-likeness (QED) is 0.267. The Bertz CT molecular complexity index is 475. The number of anilines is 1. The highest BCUT2D eigenvalue weighted by atomic mass is 127. The Morgan fingerprint density at radius 2 is 1.44 bits per heavy atom. The zero-order valence-corrected chi connectivity index (χ0v) is 18.3. The summed E-state index contributed by atoms with van der Waals surface area (Å²) in [6.45, 7) is 4.41. The third-order valence-corrected chi connectivity index (χ3v) is 4.74. The number of unbranched alkanes of at least 4 members (excludes halogenated alkanes) is 8. The maximum absolute atomic E-state index is 5.22. The molecule has 25 heavy (non-hydrogen) atoms. The predicted octanol–water partition coefficient (Wildman–Crippen LogP) is 6.39. The van der Waals surface area contributed by atoms with Crippen LogP contribution in [-0.4, -0.2) is 25.2 Å². The molecule has 0 spiro atoms. The van der Waals surface area contributed by atoms with E-state index in [9.17, 15) is 0 Å². The van der Waals surface area contributed by atoms with Crippen molar-refractivity contribution < 1.29 is 4.74 Å². The van der Waals surface area contributed by atoms with Gasteiger partial charge >= 0.3 is 0 Å². The van der Waals surface area contributed by atoms with Crippen molar-refractivity contribution in [2.24, 2.45) is 0 Å².